The lowest BCUT2D eigenvalue weighted by molar-refractivity contribution is 0.291. The van der Waals surface area contributed by atoms with E-state index in [1.54, 1.807) is 0 Å². The first-order chi connectivity index (χ1) is 7.19. The van der Waals surface area contributed by atoms with E-state index in [1.807, 2.05) is 0 Å². The quantitative estimate of drug-likeness (QED) is 0.702. The first-order valence-corrected chi connectivity index (χ1v) is 5.60. The molecule has 0 saturated carbocycles. The van der Waals surface area contributed by atoms with E-state index < -0.39 is 0 Å². The zero-order valence-electron chi connectivity index (χ0n) is 9.79. The van der Waals surface area contributed by atoms with Crippen LogP contribution in [0.3, 0.4) is 0 Å². The summed E-state index contributed by atoms with van der Waals surface area (Å²) in [5.41, 5.74) is 2.65. The third-order valence-corrected chi connectivity index (χ3v) is 3.02. The highest BCUT2D eigenvalue weighted by Gasteiger charge is 2.46. The van der Waals surface area contributed by atoms with Gasteiger partial charge >= 0.3 is 0 Å². The second-order valence-electron chi connectivity index (χ2n) is 4.44. The van der Waals surface area contributed by atoms with E-state index in [2.05, 4.69) is 50.2 Å². The lowest BCUT2D eigenvalue weighted by Gasteiger charge is -2.21. The molecule has 1 fully saturated rings. The van der Waals surface area contributed by atoms with E-state index in [4.69, 9.17) is 4.74 Å². The van der Waals surface area contributed by atoms with Crippen LogP contribution in [0, 0.1) is 0 Å². The Balaban J connectivity index is 2.35. The maximum atomic E-state index is 5.69. The van der Waals surface area contributed by atoms with Gasteiger partial charge in [-0.3, -0.25) is 0 Å². The molecule has 1 heterocycles. The number of anilines is 1. The summed E-state index contributed by atoms with van der Waals surface area (Å²) in [5, 5.41) is 0. The molecule has 2 heteroatoms. The Kier molecular flexibility index (Phi) is 2.70. The van der Waals surface area contributed by atoms with Gasteiger partial charge < -0.3 is 9.64 Å². The molecule has 82 valence electrons. The monoisotopic (exact) mass is 205 g/mol. The van der Waals surface area contributed by atoms with Crippen molar-refractivity contribution in [3.63, 3.8) is 0 Å². The van der Waals surface area contributed by atoms with Crippen molar-refractivity contribution in [3.05, 3.63) is 29.8 Å². The third kappa shape index (κ3) is 1.86. The van der Waals surface area contributed by atoms with Gasteiger partial charge in [0.15, 0.2) is 0 Å². The van der Waals surface area contributed by atoms with E-state index in [9.17, 15) is 0 Å². The molecule has 1 atom stereocenters. The minimum absolute atomic E-state index is 0.0234. The summed E-state index contributed by atoms with van der Waals surface area (Å²) in [6, 6.07) is 8.54. The molecule has 2 rings (SSSR count). The molecule has 1 saturated heterocycles. The molecule has 0 spiro atoms. The highest BCUT2D eigenvalue weighted by atomic mass is 16.6. The van der Waals surface area contributed by atoms with Crippen molar-refractivity contribution in [1.29, 1.82) is 0 Å². The van der Waals surface area contributed by atoms with Crippen LogP contribution >= 0.6 is 0 Å². The highest BCUT2D eigenvalue weighted by Crippen LogP contribution is 2.46. The molecule has 1 aromatic rings. The van der Waals surface area contributed by atoms with Crippen molar-refractivity contribution in [3.8, 4) is 0 Å². The molecule has 0 radical (unpaired) electrons. The van der Waals surface area contributed by atoms with E-state index in [0.717, 1.165) is 13.0 Å². The van der Waals surface area contributed by atoms with Crippen LogP contribution in [0.15, 0.2) is 24.3 Å². The number of hydrogen-bond acceptors (Lipinski definition) is 2. The summed E-state index contributed by atoms with van der Waals surface area (Å²) in [4.78, 5) is 2.16. The van der Waals surface area contributed by atoms with Crippen molar-refractivity contribution >= 4 is 5.69 Å². The Morgan fingerprint density at radius 2 is 2.00 bits per heavy atom. The number of nitrogens with zero attached hydrogens (tertiary/aromatic N) is 1. The topological polar surface area (TPSA) is 15.8 Å². The maximum absolute atomic E-state index is 5.69. The average molecular weight is 205 g/mol. The first-order valence-electron chi connectivity index (χ1n) is 5.60. The first kappa shape index (κ1) is 10.5. The van der Waals surface area contributed by atoms with Crippen molar-refractivity contribution < 1.29 is 4.74 Å². The number of ether oxygens (including phenoxy) is 1. The van der Waals surface area contributed by atoms with Crippen molar-refractivity contribution in [2.45, 2.75) is 25.4 Å². The zero-order chi connectivity index (χ0) is 10.9. The second-order valence-corrected chi connectivity index (χ2v) is 4.44. The summed E-state index contributed by atoms with van der Waals surface area (Å²) in [7, 11) is 4.17. The van der Waals surface area contributed by atoms with Crippen LogP contribution in [-0.4, -0.2) is 20.7 Å². The zero-order valence-corrected chi connectivity index (χ0v) is 9.79. The normalized spacial score (nSPS) is 23.9. The number of hydrogen-bond donors (Lipinski definition) is 0. The predicted octanol–water partition coefficient (Wildman–Crippen LogP) is 2.78. The molecule has 0 N–H and O–H groups in total. The highest BCUT2D eigenvalue weighted by molar-refractivity contribution is 5.56. The van der Waals surface area contributed by atoms with Gasteiger partial charge in [-0.2, -0.15) is 0 Å². The van der Waals surface area contributed by atoms with Gasteiger partial charge in [0.1, 0.15) is 5.60 Å². The molecule has 0 aromatic heterocycles. The maximum Gasteiger partial charge on any atom is 0.118 e. The van der Waals surface area contributed by atoms with E-state index in [0.29, 0.717) is 0 Å². The van der Waals surface area contributed by atoms with Gasteiger partial charge in [-0.25, -0.2) is 0 Å². The molecule has 1 aliphatic rings. The van der Waals surface area contributed by atoms with Gasteiger partial charge in [0.25, 0.3) is 0 Å². The van der Waals surface area contributed by atoms with Crippen LogP contribution in [0.25, 0.3) is 0 Å². The smallest absolute Gasteiger partial charge is 0.118 e. The number of benzene rings is 1. The number of rotatable bonds is 4. The number of epoxide rings is 1. The fourth-order valence-electron chi connectivity index (χ4n) is 2.17. The molecular formula is C13H19NO. The minimum Gasteiger partial charge on any atom is -0.377 e. The van der Waals surface area contributed by atoms with Gasteiger partial charge in [0.05, 0.1) is 6.61 Å². The molecular weight excluding hydrogens is 186 g/mol. The van der Waals surface area contributed by atoms with Crippen LogP contribution in [-0.2, 0) is 10.3 Å². The van der Waals surface area contributed by atoms with Crippen LogP contribution in [0.1, 0.15) is 25.3 Å². The largest absolute Gasteiger partial charge is 0.377 e. The molecule has 0 bridgehead atoms. The summed E-state index contributed by atoms with van der Waals surface area (Å²) in [6.45, 7) is 3.09. The molecule has 1 aromatic carbocycles. The van der Waals surface area contributed by atoms with Crippen LogP contribution in [0.2, 0.25) is 0 Å². The van der Waals surface area contributed by atoms with E-state index >= 15 is 0 Å². The Bertz CT molecular complexity index is 342. The van der Waals surface area contributed by atoms with Gasteiger partial charge in [0.2, 0.25) is 0 Å². The minimum atomic E-state index is 0.0234. The number of para-hydroxylation sites is 1. The summed E-state index contributed by atoms with van der Waals surface area (Å²) in [6.07, 6.45) is 2.29. The average Bonchev–Trinajstić information content (AvgIpc) is 2.99. The Hall–Kier alpha value is -1.02. The lowest BCUT2D eigenvalue weighted by Crippen LogP contribution is -2.17. The summed E-state index contributed by atoms with van der Waals surface area (Å²) in [5.74, 6) is 0. The Labute approximate surface area is 91.9 Å². The van der Waals surface area contributed by atoms with Crippen LogP contribution < -0.4 is 4.90 Å². The summed E-state index contributed by atoms with van der Waals surface area (Å²) >= 11 is 0. The van der Waals surface area contributed by atoms with Gasteiger partial charge in [-0.05, 0) is 12.5 Å². The third-order valence-electron chi connectivity index (χ3n) is 3.02. The standard InChI is InChI=1S/C13H19NO/c1-4-9-13(10-15-13)11-7-5-6-8-12(11)14(2)3/h5-8H,4,9-10H2,1-3H3. The van der Waals surface area contributed by atoms with E-state index in [1.165, 1.54) is 17.7 Å². The second kappa shape index (κ2) is 3.86. The molecule has 2 nitrogen and oxygen atoms in total. The molecule has 0 amide bonds. The lowest BCUT2D eigenvalue weighted by atomic mass is 9.93. The molecule has 0 aliphatic carbocycles. The Morgan fingerprint density at radius 3 is 2.53 bits per heavy atom. The van der Waals surface area contributed by atoms with Gasteiger partial charge in [-0.15, -0.1) is 0 Å². The van der Waals surface area contributed by atoms with Crippen LogP contribution in [0.4, 0.5) is 5.69 Å². The molecule has 15 heavy (non-hydrogen) atoms. The van der Waals surface area contributed by atoms with Crippen molar-refractivity contribution in [2.24, 2.45) is 0 Å². The van der Waals surface area contributed by atoms with Gasteiger partial charge in [-0.1, -0.05) is 31.5 Å². The SMILES string of the molecule is CCCC1(c2ccccc2N(C)C)CO1. The fraction of sp³-hybridized carbons (Fsp3) is 0.538. The van der Waals surface area contributed by atoms with Gasteiger partial charge in [0, 0.05) is 25.3 Å². The predicted molar refractivity (Wildman–Crippen MR) is 63.3 cm³/mol. The van der Waals surface area contributed by atoms with Crippen LogP contribution in [0.5, 0.6) is 0 Å². The summed E-state index contributed by atoms with van der Waals surface area (Å²) < 4.78 is 5.69. The molecule has 1 unspecified atom stereocenters. The molecule has 1 aliphatic heterocycles. The Morgan fingerprint density at radius 1 is 1.33 bits per heavy atom. The van der Waals surface area contributed by atoms with Crippen molar-refractivity contribution in [1.82, 2.24) is 0 Å². The van der Waals surface area contributed by atoms with E-state index in [-0.39, 0.29) is 5.60 Å². The fourth-order valence-corrected chi connectivity index (χ4v) is 2.17. The van der Waals surface area contributed by atoms with Crippen molar-refractivity contribution in [2.75, 3.05) is 25.6 Å².